The standard InChI is InChI=1S/C10H19N3O3S/c1-3-13(17(2,14)15)6-4-5-11-7-10-8-12-16-9-10/h8-9,11H,3-7H2,1-2H3. The lowest BCUT2D eigenvalue weighted by Gasteiger charge is -2.17. The van der Waals surface area contributed by atoms with Crippen LogP contribution in [0.2, 0.25) is 0 Å². The van der Waals surface area contributed by atoms with Gasteiger partial charge in [-0.25, -0.2) is 12.7 Å². The third-order valence-corrected chi connectivity index (χ3v) is 3.77. The van der Waals surface area contributed by atoms with Crippen LogP contribution in [0.15, 0.2) is 17.0 Å². The average molecular weight is 261 g/mol. The molecule has 0 aliphatic carbocycles. The van der Waals surface area contributed by atoms with Crippen molar-refractivity contribution in [2.45, 2.75) is 19.9 Å². The van der Waals surface area contributed by atoms with Crippen molar-refractivity contribution in [3.8, 4) is 0 Å². The van der Waals surface area contributed by atoms with E-state index in [0.717, 1.165) is 18.5 Å². The van der Waals surface area contributed by atoms with Crippen LogP contribution >= 0.6 is 0 Å². The van der Waals surface area contributed by atoms with Crippen molar-refractivity contribution in [3.05, 3.63) is 18.0 Å². The Kier molecular flexibility index (Phi) is 5.60. The van der Waals surface area contributed by atoms with E-state index in [0.29, 0.717) is 19.6 Å². The monoisotopic (exact) mass is 261 g/mol. The van der Waals surface area contributed by atoms with Crippen LogP contribution in [-0.2, 0) is 16.6 Å². The Morgan fingerprint density at radius 1 is 1.53 bits per heavy atom. The van der Waals surface area contributed by atoms with Crippen LogP contribution in [0.4, 0.5) is 0 Å². The molecular weight excluding hydrogens is 242 g/mol. The fraction of sp³-hybridized carbons (Fsp3) is 0.700. The molecular formula is C10H19N3O3S. The molecule has 98 valence electrons. The van der Waals surface area contributed by atoms with Crippen molar-refractivity contribution in [2.24, 2.45) is 0 Å². The van der Waals surface area contributed by atoms with E-state index in [9.17, 15) is 8.42 Å². The lowest BCUT2D eigenvalue weighted by atomic mass is 10.3. The van der Waals surface area contributed by atoms with Crippen molar-refractivity contribution in [2.75, 3.05) is 25.9 Å². The lowest BCUT2D eigenvalue weighted by molar-refractivity contribution is 0.416. The molecule has 0 saturated carbocycles. The minimum Gasteiger partial charge on any atom is -0.364 e. The van der Waals surface area contributed by atoms with E-state index in [1.807, 2.05) is 6.92 Å². The van der Waals surface area contributed by atoms with Gasteiger partial charge in [-0.2, -0.15) is 0 Å². The van der Waals surface area contributed by atoms with Crippen LogP contribution in [0, 0.1) is 0 Å². The summed E-state index contributed by atoms with van der Waals surface area (Å²) in [5.41, 5.74) is 0.987. The number of aromatic nitrogens is 1. The van der Waals surface area contributed by atoms with Gasteiger partial charge in [0, 0.05) is 25.2 Å². The van der Waals surface area contributed by atoms with Gasteiger partial charge in [-0.3, -0.25) is 0 Å². The molecule has 1 N–H and O–H groups in total. The van der Waals surface area contributed by atoms with E-state index in [-0.39, 0.29) is 0 Å². The summed E-state index contributed by atoms with van der Waals surface area (Å²) in [6.45, 7) is 4.35. The molecule has 1 aromatic rings. The average Bonchev–Trinajstić information content (AvgIpc) is 2.74. The summed E-state index contributed by atoms with van der Waals surface area (Å²) in [4.78, 5) is 0. The van der Waals surface area contributed by atoms with Gasteiger partial charge in [-0.1, -0.05) is 12.1 Å². The first-order valence-electron chi connectivity index (χ1n) is 5.58. The summed E-state index contributed by atoms with van der Waals surface area (Å²) in [6, 6.07) is 0. The maximum atomic E-state index is 11.3. The Morgan fingerprint density at radius 3 is 2.82 bits per heavy atom. The number of rotatable bonds is 8. The Bertz CT molecular complexity index is 402. The van der Waals surface area contributed by atoms with Crippen molar-refractivity contribution in [1.82, 2.24) is 14.8 Å². The van der Waals surface area contributed by atoms with Crippen LogP contribution in [0.25, 0.3) is 0 Å². The van der Waals surface area contributed by atoms with Gasteiger partial charge < -0.3 is 9.84 Å². The Morgan fingerprint density at radius 2 is 2.29 bits per heavy atom. The third kappa shape index (κ3) is 5.29. The van der Waals surface area contributed by atoms with Crippen molar-refractivity contribution < 1.29 is 12.9 Å². The molecule has 1 heterocycles. The fourth-order valence-electron chi connectivity index (χ4n) is 1.49. The summed E-state index contributed by atoms with van der Waals surface area (Å²) in [6.07, 6.45) is 5.26. The highest BCUT2D eigenvalue weighted by molar-refractivity contribution is 7.88. The minimum absolute atomic E-state index is 0.518. The van der Waals surface area contributed by atoms with Crippen LogP contribution < -0.4 is 5.32 Å². The van der Waals surface area contributed by atoms with Gasteiger partial charge in [0.15, 0.2) is 0 Å². The number of hydrogen-bond donors (Lipinski definition) is 1. The molecule has 0 aliphatic rings. The van der Waals surface area contributed by atoms with Crippen molar-refractivity contribution >= 4 is 10.0 Å². The van der Waals surface area contributed by atoms with E-state index in [1.54, 1.807) is 12.5 Å². The summed E-state index contributed by atoms with van der Waals surface area (Å²) in [7, 11) is -3.06. The molecule has 0 spiro atoms. The zero-order valence-electron chi connectivity index (χ0n) is 10.2. The van der Waals surface area contributed by atoms with Gasteiger partial charge >= 0.3 is 0 Å². The SMILES string of the molecule is CCN(CCCNCc1cnoc1)S(C)(=O)=O. The Labute approximate surface area is 102 Å². The molecule has 17 heavy (non-hydrogen) atoms. The summed E-state index contributed by atoms with van der Waals surface area (Å²) >= 11 is 0. The van der Waals surface area contributed by atoms with Gasteiger partial charge in [-0.05, 0) is 13.0 Å². The zero-order chi connectivity index (χ0) is 12.7. The predicted molar refractivity (Wildman–Crippen MR) is 64.9 cm³/mol. The molecule has 0 aliphatic heterocycles. The maximum Gasteiger partial charge on any atom is 0.211 e. The molecule has 0 atom stereocenters. The van der Waals surface area contributed by atoms with Crippen molar-refractivity contribution in [3.63, 3.8) is 0 Å². The molecule has 0 amide bonds. The highest BCUT2D eigenvalue weighted by Crippen LogP contribution is 1.99. The quantitative estimate of drug-likeness (QED) is 0.687. The number of sulfonamides is 1. The Balaban J connectivity index is 2.15. The summed E-state index contributed by atoms with van der Waals surface area (Å²) < 4.78 is 28.8. The van der Waals surface area contributed by atoms with E-state index in [1.165, 1.54) is 10.6 Å². The largest absolute Gasteiger partial charge is 0.364 e. The van der Waals surface area contributed by atoms with Crippen molar-refractivity contribution in [1.29, 1.82) is 0 Å². The maximum absolute atomic E-state index is 11.3. The van der Waals surface area contributed by atoms with Gasteiger partial charge in [0.1, 0.15) is 6.26 Å². The number of nitrogens with zero attached hydrogens (tertiary/aromatic N) is 2. The second-order valence-electron chi connectivity index (χ2n) is 3.82. The van der Waals surface area contributed by atoms with Crippen LogP contribution in [0.5, 0.6) is 0 Å². The highest BCUT2D eigenvalue weighted by Gasteiger charge is 2.12. The minimum atomic E-state index is -3.06. The Hall–Kier alpha value is -0.920. The molecule has 1 rings (SSSR count). The molecule has 6 nitrogen and oxygen atoms in total. The molecule has 0 aromatic carbocycles. The molecule has 1 aromatic heterocycles. The van der Waals surface area contributed by atoms with Gasteiger partial charge in [0.2, 0.25) is 10.0 Å². The topological polar surface area (TPSA) is 75.4 Å². The lowest BCUT2D eigenvalue weighted by Crippen LogP contribution is -2.32. The second-order valence-corrected chi connectivity index (χ2v) is 5.80. The first-order chi connectivity index (χ1) is 8.04. The highest BCUT2D eigenvalue weighted by atomic mass is 32.2. The van der Waals surface area contributed by atoms with E-state index in [2.05, 4.69) is 10.5 Å². The predicted octanol–water partition coefficient (Wildman–Crippen LogP) is 0.436. The first kappa shape index (κ1) is 14.1. The molecule has 0 fully saturated rings. The molecule has 7 heteroatoms. The summed E-state index contributed by atoms with van der Waals surface area (Å²) in [5.74, 6) is 0. The zero-order valence-corrected chi connectivity index (χ0v) is 11.0. The van der Waals surface area contributed by atoms with Gasteiger partial charge in [-0.15, -0.1) is 0 Å². The van der Waals surface area contributed by atoms with E-state index in [4.69, 9.17) is 4.52 Å². The van der Waals surface area contributed by atoms with Crippen LogP contribution in [0.3, 0.4) is 0 Å². The second kappa shape index (κ2) is 6.73. The third-order valence-electron chi connectivity index (χ3n) is 2.40. The van der Waals surface area contributed by atoms with E-state index < -0.39 is 10.0 Å². The number of nitrogens with one attached hydrogen (secondary N) is 1. The summed E-state index contributed by atoms with van der Waals surface area (Å²) in [5, 5.41) is 6.79. The molecule has 0 radical (unpaired) electrons. The van der Waals surface area contributed by atoms with Gasteiger partial charge in [0.05, 0.1) is 12.5 Å². The fourth-order valence-corrected chi connectivity index (χ4v) is 2.42. The van der Waals surface area contributed by atoms with Crippen LogP contribution in [-0.4, -0.2) is 43.8 Å². The normalized spacial score (nSPS) is 12.2. The molecule has 0 bridgehead atoms. The smallest absolute Gasteiger partial charge is 0.211 e. The molecule has 0 saturated heterocycles. The molecule has 0 unspecified atom stereocenters. The number of hydrogen-bond acceptors (Lipinski definition) is 5. The van der Waals surface area contributed by atoms with Gasteiger partial charge in [0.25, 0.3) is 0 Å². The first-order valence-corrected chi connectivity index (χ1v) is 7.43. The van der Waals surface area contributed by atoms with E-state index >= 15 is 0 Å². The van der Waals surface area contributed by atoms with Crippen LogP contribution in [0.1, 0.15) is 18.9 Å².